The number of rotatable bonds is 0. The minimum Gasteiger partial charge on any atom is -0.375 e. The van der Waals surface area contributed by atoms with Gasteiger partial charge in [0.15, 0.2) is 0 Å². The standard InChI is InChI=1S/C9H16O.C2H6/c1-8-3-6-10-9(7-8)4-2-5-9;1-2/h8H,2-7H2,1H3;1-2H3. The molecule has 1 aliphatic heterocycles. The summed E-state index contributed by atoms with van der Waals surface area (Å²) < 4.78 is 5.77. The predicted octanol–water partition coefficient (Wildman–Crippen LogP) is 3.38. The monoisotopic (exact) mass is 170 g/mol. The number of hydrogen-bond donors (Lipinski definition) is 0. The zero-order valence-corrected chi connectivity index (χ0v) is 8.73. The minimum atomic E-state index is 0.373. The largest absolute Gasteiger partial charge is 0.375 e. The van der Waals surface area contributed by atoms with Gasteiger partial charge in [0.1, 0.15) is 0 Å². The Morgan fingerprint density at radius 3 is 2.25 bits per heavy atom. The third-order valence-electron chi connectivity index (χ3n) is 3.00. The Hall–Kier alpha value is -0.0400. The van der Waals surface area contributed by atoms with Gasteiger partial charge in [-0.1, -0.05) is 20.8 Å². The lowest BCUT2D eigenvalue weighted by Crippen LogP contribution is -2.44. The van der Waals surface area contributed by atoms with E-state index >= 15 is 0 Å². The highest BCUT2D eigenvalue weighted by molar-refractivity contribution is 4.92. The molecule has 1 atom stereocenters. The van der Waals surface area contributed by atoms with Crippen LogP contribution in [0.3, 0.4) is 0 Å². The molecule has 72 valence electrons. The van der Waals surface area contributed by atoms with Crippen LogP contribution in [0.5, 0.6) is 0 Å². The van der Waals surface area contributed by atoms with Gasteiger partial charge in [-0.15, -0.1) is 0 Å². The molecule has 0 amide bonds. The lowest BCUT2D eigenvalue weighted by atomic mass is 9.72. The first-order valence-electron chi connectivity index (χ1n) is 5.45. The van der Waals surface area contributed by atoms with Crippen LogP contribution in [0.15, 0.2) is 0 Å². The summed E-state index contributed by atoms with van der Waals surface area (Å²) in [5, 5.41) is 0. The summed E-state index contributed by atoms with van der Waals surface area (Å²) >= 11 is 0. The van der Waals surface area contributed by atoms with Crippen LogP contribution in [0, 0.1) is 5.92 Å². The zero-order chi connectivity index (χ0) is 9.03. The van der Waals surface area contributed by atoms with Crippen molar-refractivity contribution in [2.24, 2.45) is 5.92 Å². The lowest BCUT2D eigenvalue weighted by molar-refractivity contribution is -0.140. The van der Waals surface area contributed by atoms with E-state index in [0.29, 0.717) is 5.60 Å². The molecule has 1 saturated heterocycles. The Kier molecular flexibility index (Phi) is 3.57. The molecule has 0 aromatic rings. The average molecular weight is 170 g/mol. The molecular formula is C11H22O. The summed E-state index contributed by atoms with van der Waals surface area (Å²) in [5.74, 6) is 0.911. The summed E-state index contributed by atoms with van der Waals surface area (Å²) in [4.78, 5) is 0. The summed E-state index contributed by atoms with van der Waals surface area (Å²) in [7, 11) is 0. The van der Waals surface area contributed by atoms with E-state index in [1.807, 2.05) is 13.8 Å². The maximum Gasteiger partial charge on any atom is 0.0685 e. The van der Waals surface area contributed by atoms with E-state index in [4.69, 9.17) is 4.74 Å². The van der Waals surface area contributed by atoms with Crippen LogP contribution in [0.4, 0.5) is 0 Å². The molecule has 12 heavy (non-hydrogen) atoms. The topological polar surface area (TPSA) is 9.23 Å². The van der Waals surface area contributed by atoms with E-state index in [0.717, 1.165) is 12.5 Å². The van der Waals surface area contributed by atoms with Gasteiger partial charge in [-0.25, -0.2) is 0 Å². The minimum absolute atomic E-state index is 0.373. The van der Waals surface area contributed by atoms with Crippen molar-refractivity contribution < 1.29 is 4.74 Å². The molecule has 2 fully saturated rings. The van der Waals surface area contributed by atoms with E-state index in [2.05, 4.69) is 6.92 Å². The highest BCUT2D eigenvalue weighted by Crippen LogP contribution is 2.43. The van der Waals surface area contributed by atoms with Crippen LogP contribution >= 0.6 is 0 Å². The van der Waals surface area contributed by atoms with Crippen molar-refractivity contribution in [1.82, 2.24) is 0 Å². The Labute approximate surface area is 76.5 Å². The summed E-state index contributed by atoms with van der Waals surface area (Å²) in [6.45, 7) is 7.36. The normalized spacial score (nSPS) is 31.8. The molecule has 2 aliphatic rings. The lowest BCUT2D eigenvalue weighted by Gasteiger charge is -2.46. The molecular weight excluding hydrogens is 148 g/mol. The Bertz CT molecular complexity index is 127. The van der Waals surface area contributed by atoms with Crippen molar-refractivity contribution in [3.05, 3.63) is 0 Å². The smallest absolute Gasteiger partial charge is 0.0685 e. The second-order valence-electron chi connectivity index (χ2n) is 3.98. The summed E-state index contributed by atoms with van der Waals surface area (Å²) in [5.41, 5.74) is 0.373. The first kappa shape index (κ1) is 10.0. The fraction of sp³-hybridized carbons (Fsp3) is 1.00. The van der Waals surface area contributed by atoms with Crippen molar-refractivity contribution >= 4 is 0 Å². The van der Waals surface area contributed by atoms with Crippen LogP contribution in [-0.2, 0) is 4.74 Å². The first-order valence-corrected chi connectivity index (χ1v) is 5.45. The highest BCUT2D eigenvalue weighted by Gasteiger charge is 2.41. The molecule has 1 heterocycles. The zero-order valence-electron chi connectivity index (χ0n) is 8.73. The average Bonchev–Trinajstić information content (AvgIpc) is 2.06. The van der Waals surface area contributed by atoms with Gasteiger partial charge >= 0.3 is 0 Å². The third-order valence-corrected chi connectivity index (χ3v) is 3.00. The quantitative estimate of drug-likeness (QED) is 0.541. The van der Waals surface area contributed by atoms with Crippen LogP contribution in [-0.4, -0.2) is 12.2 Å². The van der Waals surface area contributed by atoms with Gasteiger partial charge in [0.05, 0.1) is 5.60 Å². The van der Waals surface area contributed by atoms with Crippen molar-refractivity contribution in [2.75, 3.05) is 6.61 Å². The fourth-order valence-corrected chi connectivity index (χ4v) is 2.19. The molecule has 2 rings (SSSR count). The van der Waals surface area contributed by atoms with Gasteiger partial charge in [0.25, 0.3) is 0 Å². The summed E-state index contributed by atoms with van der Waals surface area (Å²) in [6, 6.07) is 0. The molecule has 0 bridgehead atoms. The Balaban J connectivity index is 0.000000336. The van der Waals surface area contributed by atoms with Crippen molar-refractivity contribution in [2.45, 2.75) is 58.5 Å². The molecule has 1 aliphatic carbocycles. The van der Waals surface area contributed by atoms with Crippen LogP contribution in [0.25, 0.3) is 0 Å². The maximum absolute atomic E-state index is 5.77. The molecule has 1 saturated carbocycles. The summed E-state index contributed by atoms with van der Waals surface area (Å²) in [6.07, 6.45) is 6.66. The highest BCUT2D eigenvalue weighted by atomic mass is 16.5. The molecule has 1 nitrogen and oxygen atoms in total. The molecule has 0 aromatic carbocycles. The van der Waals surface area contributed by atoms with Gasteiger partial charge in [-0.05, 0) is 38.0 Å². The second-order valence-corrected chi connectivity index (χ2v) is 3.98. The third kappa shape index (κ3) is 2.01. The fourth-order valence-electron chi connectivity index (χ4n) is 2.19. The van der Waals surface area contributed by atoms with Gasteiger partial charge in [0.2, 0.25) is 0 Å². The Morgan fingerprint density at radius 2 is 1.92 bits per heavy atom. The maximum atomic E-state index is 5.77. The van der Waals surface area contributed by atoms with Crippen molar-refractivity contribution in [3.63, 3.8) is 0 Å². The van der Waals surface area contributed by atoms with E-state index < -0.39 is 0 Å². The van der Waals surface area contributed by atoms with Crippen LogP contribution in [0.2, 0.25) is 0 Å². The van der Waals surface area contributed by atoms with Crippen molar-refractivity contribution in [1.29, 1.82) is 0 Å². The van der Waals surface area contributed by atoms with Crippen molar-refractivity contribution in [3.8, 4) is 0 Å². The predicted molar refractivity (Wildman–Crippen MR) is 52.3 cm³/mol. The van der Waals surface area contributed by atoms with Gasteiger partial charge in [-0.2, -0.15) is 0 Å². The van der Waals surface area contributed by atoms with Crippen LogP contribution < -0.4 is 0 Å². The molecule has 1 unspecified atom stereocenters. The van der Waals surface area contributed by atoms with Gasteiger partial charge in [0, 0.05) is 6.61 Å². The van der Waals surface area contributed by atoms with E-state index in [1.165, 1.54) is 32.1 Å². The SMILES string of the molecule is CC.CC1CCOC2(CCC2)C1. The Morgan fingerprint density at radius 1 is 1.25 bits per heavy atom. The molecule has 0 radical (unpaired) electrons. The molecule has 0 N–H and O–H groups in total. The number of ether oxygens (including phenoxy) is 1. The van der Waals surface area contributed by atoms with Crippen LogP contribution in [0.1, 0.15) is 52.9 Å². The molecule has 1 heteroatoms. The van der Waals surface area contributed by atoms with Gasteiger partial charge in [-0.3, -0.25) is 0 Å². The molecule has 0 aromatic heterocycles. The van der Waals surface area contributed by atoms with Gasteiger partial charge < -0.3 is 4.74 Å². The van der Waals surface area contributed by atoms with E-state index in [9.17, 15) is 0 Å². The first-order chi connectivity index (χ1) is 5.81. The van der Waals surface area contributed by atoms with E-state index in [1.54, 1.807) is 0 Å². The molecule has 1 spiro atoms. The second kappa shape index (κ2) is 4.27. The number of hydrogen-bond acceptors (Lipinski definition) is 1. The van der Waals surface area contributed by atoms with E-state index in [-0.39, 0.29) is 0 Å².